The van der Waals surface area contributed by atoms with E-state index in [1.54, 1.807) is 33.8 Å². The van der Waals surface area contributed by atoms with Crippen molar-refractivity contribution in [3.05, 3.63) is 35.4 Å². The van der Waals surface area contributed by atoms with Crippen LogP contribution in [0, 0.1) is 0 Å². The van der Waals surface area contributed by atoms with E-state index in [9.17, 15) is 14.7 Å². The molecule has 0 saturated heterocycles. The Hall–Kier alpha value is -2.04. The number of hydrogen-bond donors (Lipinski definition) is 1. The van der Waals surface area contributed by atoms with E-state index >= 15 is 0 Å². The van der Waals surface area contributed by atoms with Gasteiger partial charge in [0, 0.05) is 6.54 Å². The quantitative estimate of drug-likeness (QED) is 0.892. The monoisotopic (exact) mass is 319 g/mol. The summed E-state index contributed by atoms with van der Waals surface area (Å²) in [5, 5.41) is 9.75. The summed E-state index contributed by atoms with van der Waals surface area (Å²) in [5.41, 5.74) is 1.06. The summed E-state index contributed by atoms with van der Waals surface area (Å²) in [6.45, 7) is 7.34. The number of carbonyl (C=O) groups excluding carboxylic acids is 1. The number of hydrogen-bond acceptors (Lipinski definition) is 3. The number of carboxylic acids is 1. The molecule has 2 rings (SSSR count). The van der Waals surface area contributed by atoms with Gasteiger partial charge in [0.2, 0.25) is 0 Å². The van der Waals surface area contributed by atoms with Crippen LogP contribution in [0.1, 0.15) is 63.6 Å². The van der Waals surface area contributed by atoms with E-state index in [0.29, 0.717) is 11.5 Å². The normalized spacial score (nSPS) is 15.8. The first-order valence-electron chi connectivity index (χ1n) is 8.06. The predicted molar refractivity (Wildman–Crippen MR) is 87.4 cm³/mol. The molecule has 1 fully saturated rings. The maximum absolute atomic E-state index is 12.4. The van der Waals surface area contributed by atoms with Crippen LogP contribution in [0.2, 0.25) is 0 Å². The third-order valence-corrected chi connectivity index (χ3v) is 3.82. The maximum Gasteiger partial charge on any atom is 0.411 e. The summed E-state index contributed by atoms with van der Waals surface area (Å²) < 4.78 is 5.38. The van der Waals surface area contributed by atoms with Gasteiger partial charge in [0.15, 0.2) is 6.04 Å². The number of carbonyl (C=O) groups is 2. The fourth-order valence-corrected chi connectivity index (χ4v) is 2.70. The number of carboxylic acid groups (broad SMARTS) is 1. The smallest absolute Gasteiger partial charge is 0.411 e. The molecule has 1 atom stereocenters. The van der Waals surface area contributed by atoms with E-state index in [0.717, 1.165) is 18.4 Å². The molecule has 1 unspecified atom stereocenters. The molecule has 1 aliphatic carbocycles. The van der Waals surface area contributed by atoms with Crippen molar-refractivity contribution in [3.63, 3.8) is 0 Å². The first kappa shape index (κ1) is 17.3. The summed E-state index contributed by atoms with van der Waals surface area (Å²) >= 11 is 0. The largest absolute Gasteiger partial charge is 0.479 e. The fraction of sp³-hybridized carbons (Fsp3) is 0.556. The van der Waals surface area contributed by atoms with Crippen LogP contribution in [0.25, 0.3) is 0 Å². The molecule has 1 saturated carbocycles. The molecular formula is C18H25NO4. The molecule has 23 heavy (non-hydrogen) atoms. The minimum atomic E-state index is -1.04. The Bertz CT molecular complexity index is 587. The van der Waals surface area contributed by atoms with E-state index in [4.69, 9.17) is 4.74 Å². The summed E-state index contributed by atoms with van der Waals surface area (Å²) in [5.74, 6) is -0.629. The van der Waals surface area contributed by atoms with E-state index in [-0.39, 0.29) is 6.54 Å². The Balaban J connectivity index is 2.37. The average Bonchev–Trinajstić information content (AvgIpc) is 3.26. The van der Waals surface area contributed by atoms with E-state index < -0.39 is 23.7 Å². The van der Waals surface area contributed by atoms with E-state index in [1.807, 2.05) is 18.2 Å². The summed E-state index contributed by atoms with van der Waals surface area (Å²) in [7, 11) is 0. The Labute approximate surface area is 137 Å². The number of amides is 1. The molecule has 126 valence electrons. The van der Waals surface area contributed by atoms with Gasteiger partial charge in [-0.2, -0.15) is 0 Å². The lowest BCUT2D eigenvalue weighted by molar-refractivity contribution is -0.143. The number of ether oxygens (including phenoxy) is 1. The number of likely N-dealkylation sites (N-methyl/N-ethyl adjacent to an activating group) is 1. The van der Waals surface area contributed by atoms with Crippen molar-refractivity contribution in [2.75, 3.05) is 6.54 Å². The number of rotatable bonds is 5. The highest BCUT2D eigenvalue weighted by Gasteiger charge is 2.37. The van der Waals surface area contributed by atoms with Crippen molar-refractivity contribution in [1.82, 2.24) is 4.90 Å². The van der Waals surface area contributed by atoms with Crippen LogP contribution in [-0.2, 0) is 9.53 Å². The molecule has 5 nitrogen and oxygen atoms in total. The zero-order chi connectivity index (χ0) is 17.2. The molecule has 1 N–H and O–H groups in total. The standard InChI is InChI=1S/C18H25NO4/c1-5-19(17(22)23-18(2,3)4)15(16(20)21)14-9-7-6-8-13(14)12-10-11-12/h6-9,12,15H,5,10-11H2,1-4H3,(H,20,21). The molecule has 5 heteroatoms. The van der Waals surface area contributed by atoms with E-state index in [2.05, 4.69) is 0 Å². The fourth-order valence-electron chi connectivity index (χ4n) is 2.70. The van der Waals surface area contributed by atoms with Gasteiger partial charge in [-0.05, 0) is 57.6 Å². The van der Waals surface area contributed by atoms with Crippen LogP contribution in [0.5, 0.6) is 0 Å². The van der Waals surface area contributed by atoms with Crippen LogP contribution >= 0.6 is 0 Å². The molecule has 0 spiro atoms. The SMILES string of the molecule is CCN(C(=O)OC(C)(C)C)C(C(=O)O)c1ccccc1C1CC1. The van der Waals surface area contributed by atoms with Crippen LogP contribution in [0.3, 0.4) is 0 Å². The van der Waals surface area contributed by atoms with Gasteiger partial charge < -0.3 is 9.84 Å². The molecule has 1 amide bonds. The molecule has 0 aromatic heterocycles. The highest BCUT2D eigenvalue weighted by Crippen LogP contribution is 2.43. The first-order chi connectivity index (χ1) is 10.7. The maximum atomic E-state index is 12.4. The van der Waals surface area contributed by atoms with Crippen LogP contribution in [0.15, 0.2) is 24.3 Å². The Morgan fingerprint density at radius 3 is 2.39 bits per heavy atom. The minimum Gasteiger partial charge on any atom is -0.479 e. The Morgan fingerprint density at radius 1 is 1.30 bits per heavy atom. The molecule has 0 bridgehead atoms. The molecular weight excluding hydrogens is 294 g/mol. The first-order valence-corrected chi connectivity index (χ1v) is 8.06. The molecule has 0 aliphatic heterocycles. The van der Waals surface area contributed by atoms with Gasteiger partial charge in [-0.25, -0.2) is 9.59 Å². The number of nitrogens with zero attached hydrogens (tertiary/aromatic N) is 1. The van der Waals surface area contributed by atoms with Crippen LogP contribution < -0.4 is 0 Å². The summed E-state index contributed by atoms with van der Waals surface area (Å²) in [6.07, 6.45) is 1.54. The lowest BCUT2D eigenvalue weighted by atomic mass is 9.96. The second kappa shape index (κ2) is 6.60. The Morgan fingerprint density at radius 2 is 1.91 bits per heavy atom. The second-order valence-corrected chi connectivity index (χ2v) is 6.91. The molecule has 0 heterocycles. The van der Waals surface area contributed by atoms with Gasteiger partial charge in [-0.1, -0.05) is 24.3 Å². The molecule has 1 aromatic rings. The lowest BCUT2D eigenvalue weighted by Gasteiger charge is -2.31. The minimum absolute atomic E-state index is 0.269. The summed E-state index contributed by atoms with van der Waals surface area (Å²) in [4.78, 5) is 25.6. The highest BCUT2D eigenvalue weighted by molar-refractivity contribution is 5.82. The molecule has 1 aliphatic rings. The average molecular weight is 319 g/mol. The van der Waals surface area contributed by atoms with Crippen LogP contribution in [-0.4, -0.2) is 34.2 Å². The second-order valence-electron chi connectivity index (χ2n) is 6.91. The van der Waals surface area contributed by atoms with Crippen molar-refractivity contribution in [2.24, 2.45) is 0 Å². The molecule has 1 aromatic carbocycles. The van der Waals surface area contributed by atoms with Gasteiger partial charge in [-0.15, -0.1) is 0 Å². The van der Waals surface area contributed by atoms with Crippen LogP contribution in [0.4, 0.5) is 4.79 Å². The number of benzene rings is 1. The van der Waals surface area contributed by atoms with Gasteiger partial charge in [0.1, 0.15) is 5.60 Å². The topological polar surface area (TPSA) is 66.8 Å². The van der Waals surface area contributed by atoms with Crippen molar-refractivity contribution in [1.29, 1.82) is 0 Å². The van der Waals surface area contributed by atoms with Gasteiger partial charge in [0.05, 0.1) is 0 Å². The Kier molecular flexibility index (Phi) is 4.97. The zero-order valence-electron chi connectivity index (χ0n) is 14.2. The number of aliphatic carboxylic acids is 1. The van der Waals surface area contributed by atoms with E-state index in [1.165, 1.54) is 4.90 Å². The van der Waals surface area contributed by atoms with Gasteiger partial charge in [0.25, 0.3) is 0 Å². The third kappa shape index (κ3) is 4.24. The van der Waals surface area contributed by atoms with Crippen molar-refractivity contribution >= 4 is 12.1 Å². The third-order valence-electron chi connectivity index (χ3n) is 3.82. The van der Waals surface area contributed by atoms with Gasteiger partial charge in [-0.3, -0.25) is 4.90 Å². The lowest BCUT2D eigenvalue weighted by Crippen LogP contribution is -2.42. The predicted octanol–water partition coefficient (Wildman–Crippen LogP) is 3.95. The highest BCUT2D eigenvalue weighted by atomic mass is 16.6. The van der Waals surface area contributed by atoms with Crippen molar-refractivity contribution < 1.29 is 19.4 Å². The van der Waals surface area contributed by atoms with Gasteiger partial charge >= 0.3 is 12.1 Å². The summed E-state index contributed by atoms with van der Waals surface area (Å²) in [6, 6.07) is 6.48. The van der Waals surface area contributed by atoms with Crippen molar-refractivity contribution in [3.8, 4) is 0 Å². The van der Waals surface area contributed by atoms with Crippen molar-refractivity contribution in [2.45, 2.75) is 58.1 Å². The molecule has 0 radical (unpaired) electrons. The zero-order valence-corrected chi connectivity index (χ0v) is 14.2.